The van der Waals surface area contributed by atoms with Gasteiger partial charge in [-0.15, -0.1) is 24.0 Å². The fraction of sp³-hybridized carbons (Fsp3) is 0.739. The Bertz CT molecular complexity index is 596. The summed E-state index contributed by atoms with van der Waals surface area (Å²) in [6, 6.07) is 4.33. The highest BCUT2D eigenvalue weighted by atomic mass is 127. The lowest BCUT2D eigenvalue weighted by Crippen LogP contribution is -2.37. The number of aliphatic imine (C=N–C) groups is 1. The zero-order chi connectivity index (χ0) is 20.2. The van der Waals surface area contributed by atoms with Crippen molar-refractivity contribution in [1.82, 2.24) is 15.6 Å². The third kappa shape index (κ3) is 8.96. The molecular formula is C23H40IN5O. The molecule has 0 aromatic carbocycles. The van der Waals surface area contributed by atoms with Crippen molar-refractivity contribution < 1.29 is 4.74 Å². The zero-order valence-corrected chi connectivity index (χ0v) is 20.9. The molecule has 7 heteroatoms. The first-order chi connectivity index (χ1) is 14.3. The predicted octanol–water partition coefficient (Wildman–Crippen LogP) is 4.48. The number of hydrogen-bond acceptors (Lipinski definition) is 4. The lowest BCUT2D eigenvalue weighted by molar-refractivity contribution is 0.0277. The van der Waals surface area contributed by atoms with Gasteiger partial charge in [0.1, 0.15) is 5.82 Å². The van der Waals surface area contributed by atoms with Crippen LogP contribution in [0.4, 0.5) is 5.82 Å². The van der Waals surface area contributed by atoms with Gasteiger partial charge in [-0.25, -0.2) is 4.98 Å². The number of hydrogen-bond donors (Lipinski definition) is 2. The fourth-order valence-corrected chi connectivity index (χ4v) is 4.18. The summed E-state index contributed by atoms with van der Waals surface area (Å²) in [5.41, 5.74) is 1.17. The van der Waals surface area contributed by atoms with Crippen molar-refractivity contribution in [2.75, 3.05) is 38.2 Å². The molecule has 1 saturated heterocycles. The molecule has 0 radical (unpaired) electrons. The summed E-state index contributed by atoms with van der Waals surface area (Å²) in [6.07, 6.45) is 15.2. The van der Waals surface area contributed by atoms with Gasteiger partial charge >= 0.3 is 0 Å². The third-order valence-corrected chi connectivity index (χ3v) is 5.94. The Morgan fingerprint density at radius 3 is 2.47 bits per heavy atom. The second-order valence-corrected chi connectivity index (χ2v) is 8.26. The minimum Gasteiger partial charge on any atom is -0.378 e. The van der Waals surface area contributed by atoms with Gasteiger partial charge < -0.3 is 20.3 Å². The molecule has 2 N–H and O–H groups in total. The maximum Gasteiger partial charge on any atom is 0.191 e. The molecule has 0 atom stereocenters. The molecule has 0 unspecified atom stereocenters. The summed E-state index contributed by atoms with van der Waals surface area (Å²) < 4.78 is 5.98. The number of anilines is 1. The first-order valence-electron chi connectivity index (χ1n) is 11.6. The van der Waals surface area contributed by atoms with Crippen LogP contribution in [0.25, 0.3) is 0 Å². The van der Waals surface area contributed by atoms with Gasteiger partial charge in [-0.2, -0.15) is 0 Å². The van der Waals surface area contributed by atoms with Gasteiger partial charge in [0.25, 0.3) is 0 Å². The van der Waals surface area contributed by atoms with Crippen molar-refractivity contribution in [1.29, 1.82) is 0 Å². The highest BCUT2D eigenvalue weighted by molar-refractivity contribution is 14.0. The smallest absolute Gasteiger partial charge is 0.191 e. The van der Waals surface area contributed by atoms with E-state index in [1.165, 1.54) is 63.4 Å². The molecule has 1 aliphatic carbocycles. The van der Waals surface area contributed by atoms with E-state index in [9.17, 15) is 0 Å². The molecule has 1 saturated carbocycles. The molecule has 2 fully saturated rings. The third-order valence-electron chi connectivity index (χ3n) is 5.94. The van der Waals surface area contributed by atoms with Crippen LogP contribution in [0.15, 0.2) is 23.3 Å². The van der Waals surface area contributed by atoms with Crippen LogP contribution in [-0.2, 0) is 11.3 Å². The quantitative estimate of drug-likeness (QED) is 0.225. The van der Waals surface area contributed by atoms with Gasteiger partial charge in [0, 0.05) is 46.0 Å². The summed E-state index contributed by atoms with van der Waals surface area (Å²) in [5.74, 6) is 1.94. The summed E-state index contributed by atoms with van der Waals surface area (Å²) in [4.78, 5) is 11.4. The summed E-state index contributed by atoms with van der Waals surface area (Å²) >= 11 is 0. The van der Waals surface area contributed by atoms with Crippen LogP contribution in [0.2, 0.25) is 0 Å². The van der Waals surface area contributed by atoms with Crippen LogP contribution < -0.4 is 15.5 Å². The molecular weight excluding hydrogens is 489 g/mol. The SMILES string of the molecule is CN=C(NCCCOC1CCCCC1)NCc1ccc(N2CCCCCC2)nc1.I. The molecule has 2 heterocycles. The topological polar surface area (TPSA) is 61.8 Å². The van der Waals surface area contributed by atoms with E-state index in [2.05, 4.69) is 37.6 Å². The molecule has 1 aliphatic heterocycles. The van der Waals surface area contributed by atoms with Gasteiger partial charge in [0.15, 0.2) is 5.96 Å². The van der Waals surface area contributed by atoms with Gasteiger partial charge in [-0.3, -0.25) is 4.99 Å². The normalized spacial score (nSPS) is 18.4. The molecule has 0 spiro atoms. The summed E-state index contributed by atoms with van der Waals surface area (Å²) in [7, 11) is 1.81. The summed E-state index contributed by atoms with van der Waals surface area (Å²) in [5, 5.41) is 6.76. The molecule has 30 heavy (non-hydrogen) atoms. The molecule has 0 amide bonds. The van der Waals surface area contributed by atoms with E-state index in [1.54, 1.807) is 0 Å². The Morgan fingerprint density at radius 1 is 1.07 bits per heavy atom. The molecule has 6 nitrogen and oxygen atoms in total. The molecule has 2 aliphatic rings. The van der Waals surface area contributed by atoms with Crippen molar-refractivity contribution in [3.05, 3.63) is 23.9 Å². The van der Waals surface area contributed by atoms with Crippen molar-refractivity contribution in [2.45, 2.75) is 76.9 Å². The van der Waals surface area contributed by atoms with Crippen molar-refractivity contribution >= 4 is 35.8 Å². The van der Waals surface area contributed by atoms with E-state index >= 15 is 0 Å². The van der Waals surface area contributed by atoms with Gasteiger partial charge in [0.05, 0.1) is 6.10 Å². The van der Waals surface area contributed by atoms with E-state index in [0.29, 0.717) is 6.10 Å². The molecule has 0 bridgehead atoms. The first-order valence-corrected chi connectivity index (χ1v) is 11.6. The maximum atomic E-state index is 5.98. The second kappa shape index (κ2) is 14.8. The van der Waals surface area contributed by atoms with Crippen LogP contribution in [-0.4, -0.2) is 50.3 Å². The minimum absolute atomic E-state index is 0. The number of ether oxygens (including phenoxy) is 1. The van der Waals surface area contributed by atoms with E-state index < -0.39 is 0 Å². The number of rotatable bonds is 8. The number of nitrogens with zero attached hydrogens (tertiary/aromatic N) is 3. The van der Waals surface area contributed by atoms with Gasteiger partial charge in [-0.1, -0.05) is 38.2 Å². The minimum atomic E-state index is 0. The lowest BCUT2D eigenvalue weighted by atomic mass is 9.98. The fourth-order valence-electron chi connectivity index (χ4n) is 4.18. The van der Waals surface area contributed by atoms with Crippen LogP contribution in [0.5, 0.6) is 0 Å². The molecule has 1 aromatic heterocycles. The van der Waals surface area contributed by atoms with E-state index in [4.69, 9.17) is 4.74 Å². The Morgan fingerprint density at radius 2 is 1.80 bits per heavy atom. The van der Waals surface area contributed by atoms with Crippen molar-refractivity contribution in [3.63, 3.8) is 0 Å². The Hall–Kier alpha value is -1.09. The van der Waals surface area contributed by atoms with E-state index in [1.807, 2.05) is 13.2 Å². The number of halogens is 1. The highest BCUT2D eigenvalue weighted by Crippen LogP contribution is 2.20. The Labute approximate surface area is 199 Å². The molecule has 170 valence electrons. The van der Waals surface area contributed by atoms with E-state index in [0.717, 1.165) is 51.0 Å². The maximum absolute atomic E-state index is 5.98. The monoisotopic (exact) mass is 529 g/mol. The highest BCUT2D eigenvalue weighted by Gasteiger charge is 2.13. The average molecular weight is 530 g/mol. The first kappa shape index (κ1) is 25.2. The van der Waals surface area contributed by atoms with Gasteiger partial charge in [-0.05, 0) is 43.7 Å². The number of guanidine groups is 1. The Kier molecular flexibility index (Phi) is 12.4. The molecule has 3 rings (SSSR count). The number of nitrogens with one attached hydrogen (secondary N) is 2. The largest absolute Gasteiger partial charge is 0.378 e. The van der Waals surface area contributed by atoms with Crippen LogP contribution in [0.3, 0.4) is 0 Å². The number of aromatic nitrogens is 1. The molecule has 1 aromatic rings. The average Bonchev–Trinajstić information content (AvgIpc) is 3.06. The summed E-state index contributed by atoms with van der Waals surface area (Å²) in [6.45, 7) is 4.69. The Balaban J connectivity index is 0.00000320. The number of pyridine rings is 1. The standard InChI is InChI=1S/C23H39N5O.HI/c1-24-23(25-14-9-17-29-21-10-5-4-6-11-21)27-19-20-12-13-22(26-18-20)28-15-7-2-3-8-16-28;/h12-13,18,21H,2-11,14-17,19H2,1H3,(H2,24,25,27);1H. The van der Waals surface area contributed by atoms with Gasteiger partial charge in [0.2, 0.25) is 0 Å². The van der Waals surface area contributed by atoms with Crippen LogP contribution >= 0.6 is 24.0 Å². The zero-order valence-electron chi connectivity index (χ0n) is 18.6. The second-order valence-electron chi connectivity index (χ2n) is 8.26. The van der Waals surface area contributed by atoms with Crippen molar-refractivity contribution in [2.24, 2.45) is 4.99 Å². The van der Waals surface area contributed by atoms with E-state index in [-0.39, 0.29) is 24.0 Å². The predicted molar refractivity (Wildman–Crippen MR) is 136 cm³/mol. The van der Waals surface area contributed by atoms with Crippen LogP contribution in [0.1, 0.15) is 69.8 Å². The lowest BCUT2D eigenvalue weighted by Gasteiger charge is -2.22. The van der Waals surface area contributed by atoms with Crippen LogP contribution in [0, 0.1) is 0 Å². The van der Waals surface area contributed by atoms with Crippen molar-refractivity contribution in [3.8, 4) is 0 Å².